The molecule has 0 bridgehead atoms. The zero-order valence-corrected chi connectivity index (χ0v) is 14.9. The van der Waals surface area contributed by atoms with Crippen LogP contribution in [0.3, 0.4) is 0 Å². The van der Waals surface area contributed by atoms with Crippen molar-refractivity contribution in [2.45, 2.75) is 20.5 Å². The van der Waals surface area contributed by atoms with Gasteiger partial charge < -0.3 is 4.74 Å². The molecule has 26 heavy (non-hydrogen) atoms. The first-order valence-electron chi connectivity index (χ1n) is 8.93. The van der Waals surface area contributed by atoms with Gasteiger partial charge in [-0.15, -0.1) is 0 Å². The fraction of sp³-hybridized carbons (Fsp3) is 0.125. The van der Waals surface area contributed by atoms with E-state index in [1.807, 2.05) is 6.20 Å². The lowest BCUT2D eigenvalue weighted by Gasteiger charge is -2.24. The summed E-state index contributed by atoms with van der Waals surface area (Å²) in [6.07, 6.45) is 1.94. The smallest absolute Gasteiger partial charge is 0.137 e. The van der Waals surface area contributed by atoms with Crippen LogP contribution in [0.4, 0.5) is 0 Å². The van der Waals surface area contributed by atoms with Crippen molar-refractivity contribution in [1.29, 1.82) is 0 Å². The molecule has 0 unspecified atom stereocenters. The number of ether oxygens (including phenoxy) is 1. The summed E-state index contributed by atoms with van der Waals surface area (Å²) in [5, 5.41) is 2.54. The molecule has 2 heteroatoms. The molecule has 5 rings (SSSR count). The fourth-order valence-corrected chi connectivity index (χ4v) is 3.77. The van der Waals surface area contributed by atoms with Crippen LogP contribution in [0.5, 0.6) is 5.75 Å². The highest BCUT2D eigenvalue weighted by Crippen LogP contribution is 2.46. The van der Waals surface area contributed by atoms with Gasteiger partial charge in [0.05, 0.1) is 5.69 Å². The fourth-order valence-electron chi connectivity index (χ4n) is 3.77. The Bertz CT molecular complexity index is 1160. The molecule has 0 saturated carbocycles. The van der Waals surface area contributed by atoms with Gasteiger partial charge in [0, 0.05) is 17.3 Å². The maximum atomic E-state index is 6.21. The molecule has 1 aliphatic rings. The lowest BCUT2D eigenvalue weighted by Crippen LogP contribution is -2.07. The van der Waals surface area contributed by atoms with Gasteiger partial charge in [-0.25, -0.2) is 0 Å². The summed E-state index contributed by atoms with van der Waals surface area (Å²) in [5.41, 5.74) is 8.15. The van der Waals surface area contributed by atoms with E-state index in [0.717, 1.165) is 22.6 Å². The molecule has 0 amide bonds. The predicted molar refractivity (Wildman–Crippen MR) is 106 cm³/mol. The molecule has 4 aromatic rings. The van der Waals surface area contributed by atoms with Crippen molar-refractivity contribution in [3.63, 3.8) is 0 Å². The Morgan fingerprint density at radius 1 is 0.846 bits per heavy atom. The monoisotopic (exact) mass is 337 g/mol. The van der Waals surface area contributed by atoms with Crippen LogP contribution in [0.1, 0.15) is 16.7 Å². The molecular weight excluding hydrogens is 318 g/mol. The number of para-hydroxylation sites is 1. The van der Waals surface area contributed by atoms with E-state index in [1.54, 1.807) is 0 Å². The summed E-state index contributed by atoms with van der Waals surface area (Å²) in [6, 6.07) is 21.4. The third kappa shape index (κ3) is 2.22. The molecule has 2 heterocycles. The lowest BCUT2D eigenvalue weighted by atomic mass is 9.89. The van der Waals surface area contributed by atoms with Crippen molar-refractivity contribution in [2.24, 2.45) is 0 Å². The van der Waals surface area contributed by atoms with Crippen LogP contribution in [0.25, 0.3) is 33.2 Å². The molecule has 126 valence electrons. The minimum Gasteiger partial charge on any atom is -0.488 e. The lowest BCUT2D eigenvalue weighted by molar-refractivity contribution is 0.304. The Kier molecular flexibility index (Phi) is 3.32. The summed E-state index contributed by atoms with van der Waals surface area (Å²) in [7, 11) is 0. The van der Waals surface area contributed by atoms with Crippen LogP contribution in [0.15, 0.2) is 66.9 Å². The van der Waals surface area contributed by atoms with Crippen LogP contribution in [-0.2, 0) is 6.61 Å². The third-order valence-corrected chi connectivity index (χ3v) is 5.32. The average Bonchev–Trinajstić information content (AvgIpc) is 2.69. The number of hydrogen-bond acceptors (Lipinski definition) is 2. The molecule has 0 fully saturated rings. The number of pyridine rings is 1. The van der Waals surface area contributed by atoms with Gasteiger partial charge in [-0.05, 0) is 59.0 Å². The van der Waals surface area contributed by atoms with Gasteiger partial charge in [-0.3, -0.25) is 4.98 Å². The first-order valence-corrected chi connectivity index (χ1v) is 8.93. The van der Waals surface area contributed by atoms with E-state index >= 15 is 0 Å². The van der Waals surface area contributed by atoms with Crippen LogP contribution in [-0.4, -0.2) is 4.98 Å². The Hall–Kier alpha value is -3.13. The maximum Gasteiger partial charge on any atom is 0.137 e. The van der Waals surface area contributed by atoms with Crippen molar-refractivity contribution < 1.29 is 4.74 Å². The zero-order valence-electron chi connectivity index (χ0n) is 14.9. The van der Waals surface area contributed by atoms with Gasteiger partial charge in [0.15, 0.2) is 0 Å². The van der Waals surface area contributed by atoms with E-state index in [9.17, 15) is 0 Å². The van der Waals surface area contributed by atoms with Gasteiger partial charge in [0.1, 0.15) is 12.4 Å². The summed E-state index contributed by atoms with van der Waals surface area (Å²) in [6.45, 7) is 4.81. The Morgan fingerprint density at radius 2 is 1.69 bits per heavy atom. The summed E-state index contributed by atoms with van der Waals surface area (Å²) in [4.78, 5) is 4.66. The predicted octanol–water partition coefficient (Wildman–Crippen LogP) is 6.08. The molecule has 0 N–H and O–H groups in total. The number of benzene rings is 3. The highest BCUT2D eigenvalue weighted by Gasteiger charge is 2.23. The molecule has 1 aromatic heterocycles. The molecule has 3 aromatic carbocycles. The first-order chi connectivity index (χ1) is 12.7. The van der Waals surface area contributed by atoms with Gasteiger partial charge in [0.25, 0.3) is 0 Å². The van der Waals surface area contributed by atoms with E-state index in [1.165, 1.54) is 33.0 Å². The van der Waals surface area contributed by atoms with Crippen LogP contribution >= 0.6 is 0 Å². The van der Waals surface area contributed by atoms with Gasteiger partial charge >= 0.3 is 0 Å². The second-order valence-corrected chi connectivity index (χ2v) is 6.95. The van der Waals surface area contributed by atoms with Crippen molar-refractivity contribution in [2.75, 3.05) is 0 Å². The first kappa shape index (κ1) is 15.2. The number of nitrogens with zero attached hydrogens (tertiary/aromatic N) is 1. The number of fused-ring (bicyclic) bond motifs is 5. The summed E-state index contributed by atoms with van der Waals surface area (Å²) >= 11 is 0. The van der Waals surface area contributed by atoms with Gasteiger partial charge in [0.2, 0.25) is 0 Å². The molecule has 0 aliphatic carbocycles. The number of hydrogen-bond donors (Lipinski definition) is 0. The van der Waals surface area contributed by atoms with Crippen molar-refractivity contribution in [1.82, 2.24) is 4.98 Å². The molecule has 0 atom stereocenters. The molecule has 2 nitrogen and oxygen atoms in total. The molecule has 0 spiro atoms. The Labute approximate surface area is 153 Å². The Morgan fingerprint density at radius 3 is 2.58 bits per heavy atom. The van der Waals surface area contributed by atoms with Crippen molar-refractivity contribution >= 4 is 10.8 Å². The van der Waals surface area contributed by atoms with Gasteiger partial charge in [-0.1, -0.05) is 48.5 Å². The molecule has 0 saturated heterocycles. The Balaban J connectivity index is 1.79. The highest BCUT2D eigenvalue weighted by atomic mass is 16.5. The van der Waals surface area contributed by atoms with Crippen molar-refractivity contribution in [3.05, 3.63) is 83.6 Å². The minimum atomic E-state index is 0.592. The van der Waals surface area contributed by atoms with Gasteiger partial charge in [-0.2, -0.15) is 0 Å². The molecule has 0 radical (unpaired) electrons. The topological polar surface area (TPSA) is 22.1 Å². The van der Waals surface area contributed by atoms with E-state index in [0.29, 0.717) is 6.61 Å². The van der Waals surface area contributed by atoms with E-state index in [-0.39, 0.29) is 0 Å². The average molecular weight is 337 g/mol. The van der Waals surface area contributed by atoms with Crippen molar-refractivity contribution in [3.8, 4) is 28.1 Å². The second kappa shape index (κ2) is 5.70. The van der Waals surface area contributed by atoms with Crippen LogP contribution in [0, 0.1) is 13.8 Å². The number of rotatable bonds is 1. The van der Waals surface area contributed by atoms with E-state index < -0.39 is 0 Å². The standard InChI is InChI=1S/C24H19NO/c1-15-12-22(25-13-16(15)2)20-8-5-9-21-23-18(14-26-24(20)21)11-10-17-6-3-4-7-19(17)23/h3-13H,14H2,1-2H3. The maximum absolute atomic E-state index is 6.21. The third-order valence-electron chi connectivity index (χ3n) is 5.32. The van der Waals surface area contributed by atoms with E-state index in [4.69, 9.17) is 4.74 Å². The molecular formula is C24H19NO. The highest BCUT2D eigenvalue weighted by molar-refractivity contribution is 6.01. The SMILES string of the molecule is Cc1cnc(-c2cccc3c2OCc2ccc4ccccc4c2-3)cc1C. The number of aryl methyl sites for hydroxylation is 2. The molecule has 1 aliphatic heterocycles. The number of aromatic nitrogens is 1. The second-order valence-electron chi connectivity index (χ2n) is 6.95. The normalized spacial score (nSPS) is 12.4. The van der Waals surface area contributed by atoms with Crippen LogP contribution < -0.4 is 4.74 Å². The van der Waals surface area contributed by atoms with E-state index in [2.05, 4.69) is 79.5 Å². The largest absolute Gasteiger partial charge is 0.488 e. The zero-order chi connectivity index (χ0) is 17.7. The summed E-state index contributed by atoms with van der Waals surface area (Å²) in [5.74, 6) is 0.937. The summed E-state index contributed by atoms with van der Waals surface area (Å²) < 4.78 is 6.21. The quantitative estimate of drug-likeness (QED) is 0.420. The minimum absolute atomic E-state index is 0.592. The van der Waals surface area contributed by atoms with Crippen LogP contribution in [0.2, 0.25) is 0 Å².